The number of methoxy groups -OCH3 is 3. The monoisotopic (exact) mass is 1130 g/mol. The first-order valence-electron chi connectivity index (χ1n) is 26.3. The molecular formula is C59H62N6O15S. The van der Waals surface area contributed by atoms with Crippen LogP contribution in [0.2, 0.25) is 0 Å². The number of para-hydroxylation sites is 1. The molecule has 10 rings (SSSR count). The second-order valence-electron chi connectivity index (χ2n) is 19.4. The van der Waals surface area contributed by atoms with Crippen LogP contribution in [0.5, 0.6) is 23.0 Å². The number of rotatable bonds is 18. The van der Waals surface area contributed by atoms with E-state index in [2.05, 4.69) is 17.9 Å². The summed E-state index contributed by atoms with van der Waals surface area (Å²) >= 11 is 0. The molecule has 5 aliphatic heterocycles. The van der Waals surface area contributed by atoms with Crippen molar-refractivity contribution in [3.05, 3.63) is 156 Å². The molecule has 1 saturated heterocycles. The van der Waals surface area contributed by atoms with Crippen molar-refractivity contribution >= 4 is 56.7 Å². The molecule has 0 radical (unpaired) electrons. The van der Waals surface area contributed by atoms with E-state index >= 15 is 0 Å². The molecule has 0 spiro atoms. The van der Waals surface area contributed by atoms with Crippen molar-refractivity contribution < 1.29 is 70.2 Å². The Hall–Kier alpha value is -8.28. The van der Waals surface area contributed by atoms with Crippen molar-refractivity contribution in [2.24, 2.45) is 0 Å². The Kier molecular flexibility index (Phi) is 16.7. The van der Waals surface area contributed by atoms with E-state index in [0.29, 0.717) is 36.5 Å². The van der Waals surface area contributed by atoms with Gasteiger partial charge in [-0.15, -0.1) is 0 Å². The van der Waals surface area contributed by atoms with E-state index in [4.69, 9.17) is 47.6 Å². The Balaban J connectivity index is 0.923. The van der Waals surface area contributed by atoms with Gasteiger partial charge in [0.25, 0.3) is 11.8 Å². The molecule has 21 nitrogen and oxygen atoms in total. The number of nitrogens with zero attached hydrogens (tertiary/aromatic N) is 5. The number of nitrogens with one attached hydrogen (secondary N) is 1. The van der Waals surface area contributed by atoms with Crippen LogP contribution in [0.25, 0.3) is 5.57 Å². The van der Waals surface area contributed by atoms with E-state index in [1.165, 1.54) is 74.6 Å². The Labute approximate surface area is 469 Å². The lowest BCUT2D eigenvalue weighted by molar-refractivity contribution is -0.190. The Morgan fingerprint density at radius 1 is 0.728 bits per heavy atom. The highest BCUT2D eigenvalue weighted by Gasteiger charge is 2.50. The number of amides is 4. The highest BCUT2D eigenvalue weighted by molar-refractivity contribution is 7.89. The van der Waals surface area contributed by atoms with E-state index in [1.807, 2.05) is 30.3 Å². The van der Waals surface area contributed by atoms with Gasteiger partial charge >= 0.3 is 12.2 Å². The standard InChI is InChI=1S/C59H62N6O15S/c1-7-25-76-58(68)64-45-32-51(49(72-4)30-42(45)54(66)62-24-23-37(28-47(62)56(64)74-6)36-19-21-41(22-20-36)81(70,71)60-3)78-34-39-15-13-16-40(61-39)35-79-52-33-46-43(31-50(52)73-5)55(67)63-44-17-10-9-14-38(44)29-48(63)57(65(46)59(69)77-26-8-2)80-53-18-11-12-27-75-53/h7-10,13-17,19-23,30-33,47-48,53,56-57,60H,1-2,11-12,18,24-29,34-35H2,3-6H3/t47?,48-,53?,56?,57?/m0/s1. The summed E-state index contributed by atoms with van der Waals surface area (Å²) in [6, 6.07) is 24.1. The third kappa shape index (κ3) is 11.2. The smallest absolute Gasteiger partial charge is 0.416 e. The maximum Gasteiger partial charge on any atom is 0.416 e. The fourth-order valence-electron chi connectivity index (χ4n) is 10.8. The number of fused-ring (bicyclic) bond motifs is 6. The van der Waals surface area contributed by atoms with Gasteiger partial charge in [-0.1, -0.05) is 67.8 Å². The van der Waals surface area contributed by atoms with Gasteiger partial charge < -0.3 is 52.4 Å². The zero-order valence-corrected chi connectivity index (χ0v) is 46.1. The van der Waals surface area contributed by atoms with Crippen LogP contribution < -0.4 is 38.4 Å². The normalized spacial score (nSPS) is 20.2. The van der Waals surface area contributed by atoms with Gasteiger partial charge in [-0.25, -0.2) is 32.5 Å². The molecule has 0 saturated carbocycles. The minimum Gasteiger partial charge on any atom is -0.493 e. The first kappa shape index (κ1) is 56.0. The number of hydrogen-bond donors (Lipinski definition) is 1. The first-order valence-corrected chi connectivity index (χ1v) is 27.8. The molecule has 1 aromatic heterocycles. The summed E-state index contributed by atoms with van der Waals surface area (Å²) in [6.07, 6.45) is 3.38. The lowest BCUT2D eigenvalue weighted by Crippen LogP contribution is -2.55. The number of anilines is 3. The molecule has 6 heterocycles. The van der Waals surface area contributed by atoms with Gasteiger partial charge in [-0.2, -0.15) is 0 Å². The third-order valence-corrected chi connectivity index (χ3v) is 16.1. The topological polar surface area (TPSA) is 223 Å². The van der Waals surface area contributed by atoms with Gasteiger partial charge in [-0.3, -0.25) is 14.6 Å². The summed E-state index contributed by atoms with van der Waals surface area (Å²) in [5.41, 5.74) is 4.70. The van der Waals surface area contributed by atoms with Gasteiger partial charge in [0.2, 0.25) is 10.0 Å². The number of carbonyl (C=O) groups excluding carboxylic acids is 4. The molecule has 4 amide bonds. The fourth-order valence-corrected chi connectivity index (χ4v) is 11.6. The number of pyridine rings is 1. The molecule has 0 aliphatic carbocycles. The summed E-state index contributed by atoms with van der Waals surface area (Å²) in [7, 11) is 1.98. The van der Waals surface area contributed by atoms with Crippen LogP contribution in [0.15, 0.2) is 127 Å². The van der Waals surface area contributed by atoms with Gasteiger partial charge in [0.1, 0.15) is 26.4 Å². The molecule has 1 N–H and O–H groups in total. The number of carbonyl (C=O) groups is 4. The van der Waals surface area contributed by atoms with E-state index in [-0.39, 0.29) is 95.7 Å². The number of benzene rings is 4. The van der Waals surface area contributed by atoms with Gasteiger partial charge in [-0.05, 0) is 98.3 Å². The van der Waals surface area contributed by atoms with E-state index in [9.17, 15) is 27.6 Å². The third-order valence-electron chi connectivity index (χ3n) is 14.7. The minimum atomic E-state index is -3.68. The van der Waals surface area contributed by atoms with Crippen LogP contribution in [0.4, 0.5) is 26.7 Å². The largest absolute Gasteiger partial charge is 0.493 e. The molecule has 4 unspecified atom stereocenters. The summed E-state index contributed by atoms with van der Waals surface area (Å²) in [6.45, 7) is 7.61. The van der Waals surface area contributed by atoms with Crippen LogP contribution in [0, 0.1) is 0 Å². The minimum absolute atomic E-state index is 0.0954. The summed E-state index contributed by atoms with van der Waals surface area (Å²) < 4.78 is 82.0. The molecule has 5 atom stereocenters. The second-order valence-corrected chi connectivity index (χ2v) is 21.3. The van der Waals surface area contributed by atoms with Crippen molar-refractivity contribution in [3.63, 3.8) is 0 Å². The highest BCUT2D eigenvalue weighted by Crippen LogP contribution is 2.47. The van der Waals surface area contributed by atoms with Crippen molar-refractivity contribution in [1.29, 1.82) is 0 Å². The van der Waals surface area contributed by atoms with Gasteiger partial charge in [0.15, 0.2) is 41.7 Å². The van der Waals surface area contributed by atoms with Crippen molar-refractivity contribution in [2.45, 2.75) is 81.0 Å². The zero-order chi connectivity index (χ0) is 57.0. The molecule has 5 aromatic rings. The summed E-state index contributed by atoms with van der Waals surface area (Å²) in [5, 5.41) is 0. The predicted octanol–water partition coefficient (Wildman–Crippen LogP) is 8.16. The summed E-state index contributed by atoms with van der Waals surface area (Å²) in [5.74, 6) is -0.0133. The average molecular weight is 1130 g/mol. The maximum absolute atomic E-state index is 14.9. The van der Waals surface area contributed by atoms with Gasteiger partial charge in [0, 0.05) is 38.1 Å². The highest BCUT2D eigenvalue weighted by atomic mass is 32.2. The first-order chi connectivity index (χ1) is 39.3. The number of sulfonamides is 1. The number of ether oxygens (including phenoxy) is 9. The fraction of sp³-hybridized carbons (Fsp3) is 0.339. The quantitative estimate of drug-likeness (QED) is 0.0817. The molecule has 1 fully saturated rings. The average Bonchev–Trinajstić information content (AvgIpc) is 3.31. The molecule has 81 heavy (non-hydrogen) atoms. The zero-order valence-electron chi connectivity index (χ0n) is 45.2. The Bertz CT molecular complexity index is 3390. The summed E-state index contributed by atoms with van der Waals surface area (Å²) in [4.78, 5) is 69.0. The van der Waals surface area contributed by atoms with E-state index in [0.717, 1.165) is 29.5 Å². The maximum atomic E-state index is 14.9. The Morgan fingerprint density at radius 3 is 1.93 bits per heavy atom. The van der Waals surface area contributed by atoms with E-state index in [1.54, 1.807) is 52.3 Å². The van der Waals surface area contributed by atoms with Crippen molar-refractivity contribution in [3.8, 4) is 23.0 Å². The number of aromatic nitrogens is 1. The molecule has 424 valence electrons. The lowest BCUT2D eigenvalue weighted by atomic mass is 9.93. The van der Waals surface area contributed by atoms with Crippen LogP contribution in [0.1, 0.15) is 68.9 Å². The number of hydrogen-bond acceptors (Lipinski definition) is 16. The van der Waals surface area contributed by atoms with Gasteiger partial charge in [0.05, 0.1) is 65.1 Å². The molecular weight excluding hydrogens is 1060 g/mol. The van der Waals surface area contributed by atoms with Crippen molar-refractivity contribution in [1.82, 2.24) is 14.6 Å². The lowest BCUT2D eigenvalue weighted by Gasteiger charge is -2.40. The van der Waals surface area contributed by atoms with Crippen LogP contribution in [-0.4, -0.2) is 128 Å². The predicted molar refractivity (Wildman–Crippen MR) is 297 cm³/mol. The van der Waals surface area contributed by atoms with Crippen LogP contribution >= 0.6 is 0 Å². The van der Waals surface area contributed by atoms with Crippen molar-refractivity contribution in [2.75, 3.05) is 69.4 Å². The molecule has 4 aromatic carbocycles. The van der Waals surface area contributed by atoms with Crippen LogP contribution in [0.3, 0.4) is 0 Å². The molecule has 0 bridgehead atoms. The Morgan fingerprint density at radius 2 is 1.35 bits per heavy atom. The van der Waals surface area contributed by atoms with Crippen LogP contribution in [-0.2, 0) is 53.3 Å². The second kappa shape index (κ2) is 24.2. The SMILES string of the molecule is C=CCOC(=O)N1c2cc(OCc3cccc(COc4cc5c(cc4OC)C(=O)N4c6ccccc6C[C@H]4C(OC4CCCCO4)N5C(=O)OCC=C)n3)c(OC)cc2C(=O)N2CC=C(c3ccc(S(=O)(=O)NC)cc3)CC2C1OC. The van der Waals surface area contributed by atoms with E-state index < -0.39 is 58.9 Å². The molecule has 5 aliphatic rings. The molecule has 22 heteroatoms.